The van der Waals surface area contributed by atoms with Gasteiger partial charge in [-0.1, -0.05) is 26.0 Å². The van der Waals surface area contributed by atoms with Crippen molar-refractivity contribution in [3.8, 4) is 0 Å². The van der Waals surface area contributed by atoms with Gasteiger partial charge in [-0.3, -0.25) is 0 Å². The predicted molar refractivity (Wildman–Crippen MR) is 83.9 cm³/mol. The molecule has 1 aliphatic heterocycles. The lowest BCUT2D eigenvalue weighted by Crippen LogP contribution is -2.30. The Balaban J connectivity index is 2.06. The van der Waals surface area contributed by atoms with Gasteiger partial charge in [0.25, 0.3) is 0 Å². The summed E-state index contributed by atoms with van der Waals surface area (Å²) in [4.78, 5) is 2.55. The average molecular weight is 260 g/mol. The van der Waals surface area contributed by atoms with Crippen molar-refractivity contribution in [2.75, 3.05) is 18.0 Å². The monoisotopic (exact) mass is 260 g/mol. The van der Waals surface area contributed by atoms with Gasteiger partial charge >= 0.3 is 0 Å². The topological polar surface area (TPSA) is 15.3 Å². The number of anilines is 1. The van der Waals surface area contributed by atoms with Crippen LogP contribution in [0, 0.1) is 0 Å². The third-order valence-corrected chi connectivity index (χ3v) is 4.12. The van der Waals surface area contributed by atoms with Gasteiger partial charge in [0.15, 0.2) is 0 Å². The van der Waals surface area contributed by atoms with Gasteiger partial charge in [0, 0.05) is 31.4 Å². The number of aryl methyl sites for hydroxylation is 1. The molecular formula is C17H28N2. The minimum atomic E-state index is 0.604. The maximum atomic E-state index is 3.58. The first kappa shape index (κ1) is 14.4. The first-order valence-electron chi connectivity index (χ1n) is 7.84. The number of hydrogen-bond acceptors (Lipinski definition) is 2. The summed E-state index contributed by atoms with van der Waals surface area (Å²) in [6.45, 7) is 10.2. The number of nitrogens with zero attached hydrogens (tertiary/aromatic N) is 1. The summed E-state index contributed by atoms with van der Waals surface area (Å²) >= 11 is 0. The highest BCUT2D eigenvalue weighted by Gasteiger charge is 2.16. The Morgan fingerprint density at radius 2 is 2.16 bits per heavy atom. The van der Waals surface area contributed by atoms with Gasteiger partial charge in [0.05, 0.1) is 0 Å². The van der Waals surface area contributed by atoms with Crippen LogP contribution in [0.5, 0.6) is 0 Å². The second-order valence-electron chi connectivity index (χ2n) is 5.74. The second kappa shape index (κ2) is 6.95. The van der Waals surface area contributed by atoms with Gasteiger partial charge in [0.1, 0.15) is 0 Å². The van der Waals surface area contributed by atoms with E-state index in [1.165, 1.54) is 50.0 Å². The molecule has 0 bridgehead atoms. The zero-order valence-corrected chi connectivity index (χ0v) is 12.7. The summed E-state index contributed by atoms with van der Waals surface area (Å²) in [6.07, 6.45) is 4.97. The Morgan fingerprint density at radius 3 is 2.89 bits per heavy atom. The van der Waals surface area contributed by atoms with Gasteiger partial charge in [-0.25, -0.2) is 0 Å². The number of nitrogens with one attached hydrogen (secondary N) is 1. The summed E-state index contributed by atoms with van der Waals surface area (Å²) in [6, 6.07) is 7.64. The molecule has 0 aromatic heterocycles. The molecule has 2 heteroatoms. The summed E-state index contributed by atoms with van der Waals surface area (Å²) in [5.41, 5.74) is 4.45. The van der Waals surface area contributed by atoms with Gasteiger partial charge in [-0.2, -0.15) is 0 Å². The van der Waals surface area contributed by atoms with Crippen LogP contribution in [0.1, 0.15) is 51.2 Å². The average Bonchev–Trinajstić information content (AvgIpc) is 2.45. The molecule has 19 heavy (non-hydrogen) atoms. The molecule has 1 N–H and O–H groups in total. The van der Waals surface area contributed by atoms with Gasteiger partial charge in [-0.05, 0) is 49.8 Å². The van der Waals surface area contributed by atoms with Crippen LogP contribution in [0.2, 0.25) is 0 Å². The zero-order chi connectivity index (χ0) is 13.7. The molecule has 0 unspecified atom stereocenters. The van der Waals surface area contributed by atoms with Crippen molar-refractivity contribution in [3.05, 3.63) is 29.3 Å². The fourth-order valence-corrected chi connectivity index (χ4v) is 2.78. The zero-order valence-electron chi connectivity index (χ0n) is 12.7. The van der Waals surface area contributed by atoms with Gasteiger partial charge < -0.3 is 10.2 Å². The molecule has 0 saturated heterocycles. The maximum Gasteiger partial charge on any atom is 0.0398 e. The van der Waals surface area contributed by atoms with E-state index in [2.05, 4.69) is 49.2 Å². The van der Waals surface area contributed by atoms with E-state index in [0.29, 0.717) is 6.04 Å². The van der Waals surface area contributed by atoms with E-state index in [-0.39, 0.29) is 0 Å². The SMILES string of the molecule is CCCN1CCCc2cc(CN[C@@H](C)CC)ccc21. The number of fused-ring (bicyclic) bond motifs is 1. The van der Waals surface area contributed by atoms with Crippen molar-refractivity contribution >= 4 is 5.69 Å². The third kappa shape index (κ3) is 3.73. The van der Waals surface area contributed by atoms with Crippen LogP contribution in [0.15, 0.2) is 18.2 Å². The molecule has 1 aromatic rings. The molecular weight excluding hydrogens is 232 g/mol. The number of benzene rings is 1. The Labute approximate surface area is 118 Å². The van der Waals surface area contributed by atoms with Crippen LogP contribution in [-0.2, 0) is 13.0 Å². The standard InChI is InChI=1S/C17H28N2/c1-4-10-19-11-6-7-16-12-15(8-9-17(16)19)13-18-14(3)5-2/h8-9,12,14,18H,4-7,10-11,13H2,1-3H3/t14-/m0/s1. The summed E-state index contributed by atoms with van der Waals surface area (Å²) in [5, 5.41) is 3.58. The fraction of sp³-hybridized carbons (Fsp3) is 0.647. The van der Waals surface area contributed by atoms with Gasteiger partial charge in [-0.15, -0.1) is 0 Å². The highest BCUT2D eigenvalue weighted by Crippen LogP contribution is 2.28. The number of rotatable bonds is 6. The molecule has 1 aliphatic rings. The highest BCUT2D eigenvalue weighted by atomic mass is 15.1. The molecule has 0 amide bonds. The Hall–Kier alpha value is -1.02. The van der Waals surface area contributed by atoms with E-state index in [4.69, 9.17) is 0 Å². The third-order valence-electron chi connectivity index (χ3n) is 4.12. The van der Waals surface area contributed by atoms with Crippen molar-refractivity contribution < 1.29 is 0 Å². The normalized spacial score (nSPS) is 16.3. The molecule has 1 atom stereocenters. The van der Waals surface area contributed by atoms with Crippen LogP contribution < -0.4 is 10.2 Å². The van der Waals surface area contributed by atoms with Crippen LogP contribution in [0.4, 0.5) is 5.69 Å². The van der Waals surface area contributed by atoms with Crippen molar-refractivity contribution in [2.24, 2.45) is 0 Å². The molecule has 2 nitrogen and oxygen atoms in total. The highest BCUT2D eigenvalue weighted by molar-refractivity contribution is 5.56. The Kier molecular flexibility index (Phi) is 5.26. The Bertz CT molecular complexity index is 400. The summed E-state index contributed by atoms with van der Waals surface area (Å²) in [7, 11) is 0. The molecule has 1 aromatic carbocycles. The van der Waals surface area contributed by atoms with Crippen molar-refractivity contribution in [1.29, 1.82) is 0 Å². The molecule has 0 spiro atoms. The molecule has 2 rings (SSSR count). The van der Waals surface area contributed by atoms with Crippen LogP contribution in [0.3, 0.4) is 0 Å². The summed E-state index contributed by atoms with van der Waals surface area (Å²) < 4.78 is 0. The Morgan fingerprint density at radius 1 is 1.32 bits per heavy atom. The quantitative estimate of drug-likeness (QED) is 0.838. The fourth-order valence-electron chi connectivity index (χ4n) is 2.78. The van der Waals surface area contributed by atoms with Crippen molar-refractivity contribution in [3.63, 3.8) is 0 Å². The van der Waals surface area contributed by atoms with Gasteiger partial charge in [0.2, 0.25) is 0 Å². The lowest BCUT2D eigenvalue weighted by Gasteiger charge is -2.31. The predicted octanol–water partition coefficient (Wildman–Crippen LogP) is 3.74. The maximum absolute atomic E-state index is 3.58. The first-order chi connectivity index (χ1) is 9.24. The lowest BCUT2D eigenvalue weighted by molar-refractivity contribution is 0.534. The van der Waals surface area contributed by atoms with Crippen molar-refractivity contribution in [2.45, 2.75) is 59.0 Å². The second-order valence-corrected chi connectivity index (χ2v) is 5.74. The van der Waals surface area contributed by atoms with E-state index in [1.54, 1.807) is 5.56 Å². The van der Waals surface area contributed by atoms with E-state index < -0.39 is 0 Å². The van der Waals surface area contributed by atoms with E-state index in [1.807, 2.05) is 0 Å². The first-order valence-corrected chi connectivity index (χ1v) is 7.84. The molecule has 0 fully saturated rings. The minimum Gasteiger partial charge on any atom is -0.371 e. The van der Waals surface area contributed by atoms with Crippen LogP contribution in [-0.4, -0.2) is 19.1 Å². The van der Waals surface area contributed by atoms with Crippen molar-refractivity contribution in [1.82, 2.24) is 5.32 Å². The largest absolute Gasteiger partial charge is 0.371 e. The summed E-state index contributed by atoms with van der Waals surface area (Å²) in [5.74, 6) is 0. The van der Waals surface area contributed by atoms with E-state index in [0.717, 1.165) is 6.54 Å². The molecule has 106 valence electrons. The number of hydrogen-bond donors (Lipinski definition) is 1. The molecule has 1 heterocycles. The van der Waals surface area contributed by atoms with Crippen LogP contribution >= 0.6 is 0 Å². The lowest BCUT2D eigenvalue weighted by atomic mass is 9.99. The smallest absolute Gasteiger partial charge is 0.0398 e. The minimum absolute atomic E-state index is 0.604. The molecule has 0 radical (unpaired) electrons. The molecule has 0 aliphatic carbocycles. The van der Waals surface area contributed by atoms with E-state index >= 15 is 0 Å². The van der Waals surface area contributed by atoms with E-state index in [9.17, 15) is 0 Å². The molecule has 0 saturated carbocycles. The van der Waals surface area contributed by atoms with Crippen LogP contribution in [0.25, 0.3) is 0 Å².